The molecule has 0 bridgehead atoms. The summed E-state index contributed by atoms with van der Waals surface area (Å²) in [5, 5.41) is 0.383. The van der Waals surface area contributed by atoms with Crippen LogP contribution in [0.25, 0.3) is 10.9 Å². The molecule has 0 aliphatic rings. The Morgan fingerprint density at radius 1 is 1.14 bits per heavy atom. The average Bonchev–Trinajstić information content (AvgIpc) is 2.70. The van der Waals surface area contributed by atoms with Crippen LogP contribution in [0.4, 0.5) is 4.39 Å². The van der Waals surface area contributed by atoms with Crippen LogP contribution in [0.1, 0.15) is 6.92 Å². The molecule has 1 aromatic heterocycles. The largest absolute Gasteiger partial charge is 0.478 e. The van der Waals surface area contributed by atoms with Gasteiger partial charge in [-0.2, -0.15) is 0 Å². The first-order chi connectivity index (χ1) is 13.5. The number of hydrogen-bond donors (Lipinski definition) is 2. The van der Waals surface area contributed by atoms with E-state index in [1.54, 1.807) is 30.3 Å². The van der Waals surface area contributed by atoms with Crippen molar-refractivity contribution in [3.05, 3.63) is 71.0 Å². The summed E-state index contributed by atoms with van der Waals surface area (Å²) in [6, 6.07) is 12.4. The Morgan fingerprint density at radius 3 is 2.64 bits per heavy atom. The van der Waals surface area contributed by atoms with Gasteiger partial charge in [-0.1, -0.05) is 24.3 Å². The maximum Gasteiger partial charge on any atom is 0.279 e. The lowest BCUT2D eigenvalue weighted by Crippen LogP contribution is -2.48. The van der Waals surface area contributed by atoms with E-state index in [0.717, 1.165) is 4.57 Å². The summed E-state index contributed by atoms with van der Waals surface area (Å²) in [6.45, 7) is 1.07. The van der Waals surface area contributed by atoms with Crippen molar-refractivity contribution in [3.8, 4) is 5.75 Å². The highest BCUT2D eigenvalue weighted by Crippen LogP contribution is 2.16. The normalized spacial score (nSPS) is 11.6. The molecule has 0 fully saturated rings. The molecule has 0 aliphatic heterocycles. The van der Waals surface area contributed by atoms with Gasteiger partial charge >= 0.3 is 0 Å². The maximum absolute atomic E-state index is 13.6. The summed E-state index contributed by atoms with van der Waals surface area (Å²) in [5.74, 6) is -1.99. The predicted octanol–water partition coefficient (Wildman–Crippen LogP) is 1.15. The van der Waals surface area contributed by atoms with Crippen LogP contribution in [0.15, 0.2) is 59.7 Å². The summed E-state index contributed by atoms with van der Waals surface area (Å²) < 4.78 is 19.9. The minimum atomic E-state index is -1.05. The summed E-state index contributed by atoms with van der Waals surface area (Å²) >= 11 is 0. The quantitative estimate of drug-likeness (QED) is 0.643. The molecule has 0 saturated heterocycles. The third-order valence-corrected chi connectivity index (χ3v) is 3.88. The molecule has 2 amide bonds. The third kappa shape index (κ3) is 4.32. The van der Waals surface area contributed by atoms with Gasteiger partial charge in [0.1, 0.15) is 6.54 Å². The van der Waals surface area contributed by atoms with Gasteiger partial charge in [-0.25, -0.2) is 9.37 Å². The van der Waals surface area contributed by atoms with Crippen LogP contribution in [-0.4, -0.2) is 27.5 Å². The third-order valence-electron chi connectivity index (χ3n) is 3.88. The SMILES string of the molecule is CC(Oc1ccccc1F)C(=O)NNC(=O)Cn1cnc2ccccc2c1=O. The van der Waals surface area contributed by atoms with E-state index in [2.05, 4.69) is 15.8 Å². The van der Waals surface area contributed by atoms with Crippen molar-refractivity contribution < 1.29 is 18.7 Å². The molecule has 1 heterocycles. The van der Waals surface area contributed by atoms with Crippen LogP contribution in [0, 0.1) is 5.82 Å². The number of ether oxygens (including phenoxy) is 1. The minimum absolute atomic E-state index is 0.0785. The van der Waals surface area contributed by atoms with E-state index in [-0.39, 0.29) is 17.9 Å². The molecule has 1 unspecified atom stereocenters. The monoisotopic (exact) mass is 384 g/mol. The van der Waals surface area contributed by atoms with Gasteiger partial charge in [0.15, 0.2) is 17.7 Å². The number of hydrogen-bond acceptors (Lipinski definition) is 5. The number of nitrogens with zero attached hydrogens (tertiary/aromatic N) is 2. The highest BCUT2D eigenvalue weighted by molar-refractivity contribution is 5.84. The molecule has 2 N–H and O–H groups in total. The number of aromatic nitrogens is 2. The van der Waals surface area contributed by atoms with Gasteiger partial charge in [0.2, 0.25) is 0 Å². The van der Waals surface area contributed by atoms with Gasteiger partial charge in [0.05, 0.1) is 17.2 Å². The molecule has 0 aliphatic carbocycles. The van der Waals surface area contributed by atoms with Crippen LogP contribution in [0.2, 0.25) is 0 Å². The van der Waals surface area contributed by atoms with Gasteiger partial charge in [-0.05, 0) is 31.2 Å². The smallest absolute Gasteiger partial charge is 0.279 e. The first-order valence-corrected chi connectivity index (χ1v) is 8.40. The van der Waals surface area contributed by atoms with Crippen LogP contribution in [0.3, 0.4) is 0 Å². The number of carbonyl (C=O) groups is 2. The van der Waals surface area contributed by atoms with Crippen molar-refractivity contribution in [1.29, 1.82) is 0 Å². The summed E-state index contributed by atoms with van der Waals surface area (Å²) in [7, 11) is 0. The lowest BCUT2D eigenvalue weighted by molar-refractivity contribution is -0.133. The number of fused-ring (bicyclic) bond motifs is 1. The maximum atomic E-state index is 13.6. The molecule has 2 aromatic carbocycles. The van der Waals surface area contributed by atoms with E-state index in [9.17, 15) is 18.8 Å². The Labute approximate surface area is 158 Å². The van der Waals surface area contributed by atoms with E-state index in [1.165, 1.54) is 31.5 Å². The van der Waals surface area contributed by atoms with Gasteiger partial charge in [-0.15, -0.1) is 0 Å². The zero-order valence-electron chi connectivity index (χ0n) is 14.9. The fourth-order valence-corrected chi connectivity index (χ4v) is 2.43. The molecule has 28 heavy (non-hydrogen) atoms. The molecule has 0 spiro atoms. The van der Waals surface area contributed by atoms with Crippen LogP contribution < -0.4 is 21.1 Å². The Kier molecular flexibility index (Phi) is 5.64. The van der Waals surface area contributed by atoms with Crippen molar-refractivity contribution in [2.24, 2.45) is 0 Å². The Bertz CT molecular complexity index is 1080. The Balaban J connectivity index is 1.57. The fourth-order valence-electron chi connectivity index (χ4n) is 2.43. The van der Waals surface area contributed by atoms with Gasteiger partial charge in [0.25, 0.3) is 17.4 Å². The van der Waals surface area contributed by atoms with Crippen molar-refractivity contribution in [3.63, 3.8) is 0 Å². The van der Waals surface area contributed by atoms with Crippen LogP contribution >= 0.6 is 0 Å². The molecule has 3 aromatic rings. The number of carbonyl (C=O) groups excluding carboxylic acids is 2. The summed E-state index contributed by atoms with van der Waals surface area (Å²) in [6.07, 6.45) is 0.206. The van der Waals surface area contributed by atoms with Crippen LogP contribution in [0.5, 0.6) is 5.75 Å². The molecule has 0 radical (unpaired) electrons. The summed E-state index contributed by atoms with van der Waals surface area (Å²) in [5.41, 5.74) is 4.52. The minimum Gasteiger partial charge on any atom is -0.478 e. The Morgan fingerprint density at radius 2 is 1.86 bits per heavy atom. The standard InChI is InChI=1S/C19H17FN4O4/c1-12(28-16-9-5-3-7-14(16)20)18(26)23-22-17(25)10-24-11-21-15-8-4-2-6-13(15)19(24)27/h2-9,11-12H,10H2,1H3,(H,22,25)(H,23,26). The number of amides is 2. The average molecular weight is 384 g/mol. The van der Waals surface area contributed by atoms with Gasteiger partial charge < -0.3 is 4.74 Å². The van der Waals surface area contributed by atoms with Crippen molar-refractivity contribution in [2.45, 2.75) is 19.6 Å². The molecule has 3 rings (SSSR count). The molecular weight excluding hydrogens is 367 g/mol. The van der Waals surface area contributed by atoms with E-state index >= 15 is 0 Å². The highest BCUT2D eigenvalue weighted by atomic mass is 19.1. The second-order valence-corrected chi connectivity index (χ2v) is 5.92. The van der Waals surface area contributed by atoms with E-state index in [1.807, 2.05) is 0 Å². The first-order valence-electron chi connectivity index (χ1n) is 8.40. The van der Waals surface area contributed by atoms with E-state index < -0.39 is 23.7 Å². The summed E-state index contributed by atoms with van der Waals surface area (Å²) in [4.78, 5) is 40.5. The van der Waals surface area contributed by atoms with Gasteiger partial charge in [-0.3, -0.25) is 29.8 Å². The zero-order valence-corrected chi connectivity index (χ0v) is 14.9. The molecule has 8 nitrogen and oxygen atoms in total. The zero-order chi connectivity index (χ0) is 20.1. The lowest BCUT2D eigenvalue weighted by Gasteiger charge is -2.15. The first kappa shape index (κ1) is 19.0. The molecule has 9 heteroatoms. The van der Waals surface area contributed by atoms with Crippen molar-refractivity contribution in [1.82, 2.24) is 20.4 Å². The van der Waals surface area contributed by atoms with Crippen LogP contribution in [-0.2, 0) is 16.1 Å². The molecule has 144 valence electrons. The number of nitrogens with one attached hydrogen (secondary N) is 2. The molecule has 0 saturated carbocycles. The topological polar surface area (TPSA) is 102 Å². The highest BCUT2D eigenvalue weighted by Gasteiger charge is 2.17. The fraction of sp³-hybridized carbons (Fsp3) is 0.158. The van der Waals surface area contributed by atoms with Crippen molar-refractivity contribution in [2.75, 3.05) is 0 Å². The van der Waals surface area contributed by atoms with Crippen molar-refractivity contribution >= 4 is 22.7 Å². The number of para-hydroxylation sites is 2. The van der Waals surface area contributed by atoms with E-state index in [0.29, 0.717) is 10.9 Å². The Hall–Kier alpha value is -3.75. The number of hydrazine groups is 1. The van der Waals surface area contributed by atoms with E-state index in [4.69, 9.17) is 4.74 Å². The molecular formula is C19H17FN4O4. The number of halogens is 1. The lowest BCUT2D eigenvalue weighted by atomic mass is 10.2. The molecule has 1 atom stereocenters. The second-order valence-electron chi connectivity index (χ2n) is 5.92. The number of benzene rings is 2. The second kappa shape index (κ2) is 8.30. The van der Waals surface area contributed by atoms with Gasteiger partial charge in [0, 0.05) is 0 Å². The number of rotatable bonds is 5. The predicted molar refractivity (Wildman–Crippen MR) is 98.8 cm³/mol.